The summed E-state index contributed by atoms with van der Waals surface area (Å²) in [6.07, 6.45) is 6.98. The summed E-state index contributed by atoms with van der Waals surface area (Å²) < 4.78 is 45.8. The Morgan fingerprint density at radius 1 is 0.870 bits per heavy atom. The van der Waals surface area contributed by atoms with E-state index in [1.165, 1.54) is 55.3 Å². The van der Waals surface area contributed by atoms with Gasteiger partial charge in [-0.25, -0.2) is 8.78 Å². The van der Waals surface area contributed by atoms with Crippen LogP contribution in [0.3, 0.4) is 0 Å². The summed E-state index contributed by atoms with van der Waals surface area (Å²) in [5, 5.41) is 0.669. The number of Topliss-reactive ketones (excluding diaryl/α,β-unsaturated/α-hetero) is 2. The van der Waals surface area contributed by atoms with E-state index in [1.54, 1.807) is 37.4 Å². The number of pyridine rings is 1. The molecule has 1 aromatic heterocycles. The van der Waals surface area contributed by atoms with Gasteiger partial charge in [-0.15, -0.1) is 0 Å². The van der Waals surface area contributed by atoms with E-state index in [0.29, 0.717) is 64.5 Å². The summed E-state index contributed by atoms with van der Waals surface area (Å²) in [6, 6.07) is 15.0. The maximum Gasteiger partial charge on any atom is 0.185 e. The van der Waals surface area contributed by atoms with Crippen molar-refractivity contribution in [1.29, 1.82) is 0 Å². The molecule has 0 amide bonds. The van der Waals surface area contributed by atoms with E-state index < -0.39 is 17.0 Å². The summed E-state index contributed by atoms with van der Waals surface area (Å²) in [5.74, 6) is 0.454. The fourth-order valence-corrected chi connectivity index (χ4v) is 5.63. The van der Waals surface area contributed by atoms with Crippen LogP contribution in [0.5, 0.6) is 23.0 Å². The van der Waals surface area contributed by atoms with Crippen LogP contribution >= 0.6 is 11.8 Å². The predicted molar refractivity (Wildman–Crippen MR) is 173 cm³/mol. The Hall–Kier alpha value is -4.57. The van der Waals surface area contributed by atoms with Gasteiger partial charge in [-0.3, -0.25) is 19.4 Å². The standard InChI is InChI=1S/C36H33F2NO6S/c1-23(40)46-17-5-3-4-16-44-33-22-29-27(21-32(33)43-2)30(12-15-39-29)45-31-11-8-25(18-28(31)38)20-35(42)36(13-14-36)34(41)19-24-6-9-26(37)10-7-24/h3-4,6-12,15,18,21-22H,5,13-14,16-17,19-20H2,1-2H3/b4-3+. The number of benzene rings is 3. The monoisotopic (exact) mass is 645 g/mol. The number of carbonyl (C=O) groups excluding carboxylic acids is 3. The molecule has 0 bridgehead atoms. The van der Waals surface area contributed by atoms with Gasteiger partial charge in [-0.05, 0) is 66.8 Å². The fraction of sp³-hybridized carbons (Fsp3) is 0.278. The van der Waals surface area contributed by atoms with Gasteiger partial charge in [0.05, 0.1) is 18.0 Å². The van der Waals surface area contributed by atoms with Crippen LogP contribution in [-0.2, 0) is 27.2 Å². The van der Waals surface area contributed by atoms with Gasteiger partial charge in [0.1, 0.15) is 18.2 Å². The number of nitrogens with zero attached hydrogens (tertiary/aromatic N) is 1. The van der Waals surface area contributed by atoms with Crippen LogP contribution < -0.4 is 14.2 Å². The number of methoxy groups -OCH3 is 1. The Labute approximate surface area is 270 Å². The summed E-state index contributed by atoms with van der Waals surface area (Å²) >= 11 is 1.28. The van der Waals surface area contributed by atoms with Crippen LogP contribution in [0, 0.1) is 17.0 Å². The first-order chi connectivity index (χ1) is 22.2. The van der Waals surface area contributed by atoms with Crippen LogP contribution in [0.2, 0.25) is 0 Å². The third kappa shape index (κ3) is 7.98. The van der Waals surface area contributed by atoms with Crippen LogP contribution in [-0.4, -0.2) is 41.1 Å². The first kappa shape index (κ1) is 32.8. The number of hydrogen-bond acceptors (Lipinski definition) is 8. The number of rotatable bonds is 15. The molecule has 0 saturated heterocycles. The second-order valence-electron chi connectivity index (χ2n) is 11.0. The first-order valence-corrected chi connectivity index (χ1v) is 15.8. The molecule has 7 nitrogen and oxygen atoms in total. The normalized spacial score (nSPS) is 13.5. The van der Waals surface area contributed by atoms with Gasteiger partial charge in [-0.1, -0.05) is 42.1 Å². The van der Waals surface area contributed by atoms with Gasteiger partial charge in [0.25, 0.3) is 0 Å². The molecular formula is C36H33F2NO6S. The van der Waals surface area contributed by atoms with Crippen molar-refractivity contribution in [2.45, 2.75) is 39.0 Å². The number of ether oxygens (including phenoxy) is 3. The van der Waals surface area contributed by atoms with Gasteiger partial charge in [0.2, 0.25) is 0 Å². The molecule has 46 heavy (non-hydrogen) atoms. The Morgan fingerprint density at radius 3 is 2.26 bits per heavy atom. The molecule has 0 aliphatic heterocycles. The van der Waals surface area contributed by atoms with E-state index in [-0.39, 0.29) is 35.3 Å². The van der Waals surface area contributed by atoms with Crippen LogP contribution in [0.4, 0.5) is 8.78 Å². The third-order valence-corrected chi connectivity index (χ3v) is 8.60. The minimum Gasteiger partial charge on any atom is -0.493 e. The van der Waals surface area contributed by atoms with Crippen LogP contribution in [0.1, 0.15) is 37.3 Å². The summed E-state index contributed by atoms with van der Waals surface area (Å²) in [4.78, 5) is 41.6. The van der Waals surface area contributed by atoms with Crippen molar-refractivity contribution in [1.82, 2.24) is 4.98 Å². The lowest BCUT2D eigenvalue weighted by atomic mass is 9.88. The lowest BCUT2D eigenvalue weighted by Crippen LogP contribution is -2.28. The number of aromatic nitrogens is 1. The predicted octanol–water partition coefficient (Wildman–Crippen LogP) is 7.62. The molecule has 0 radical (unpaired) electrons. The number of ketones is 2. The van der Waals surface area contributed by atoms with Crippen molar-refractivity contribution >= 4 is 39.3 Å². The molecule has 1 aliphatic carbocycles. The summed E-state index contributed by atoms with van der Waals surface area (Å²) in [5.41, 5.74) is 0.569. The van der Waals surface area contributed by atoms with Gasteiger partial charge < -0.3 is 14.2 Å². The van der Waals surface area contributed by atoms with E-state index in [1.807, 2.05) is 12.2 Å². The zero-order valence-corrected chi connectivity index (χ0v) is 26.3. The zero-order chi connectivity index (χ0) is 32.7. The SMILES string of the molecule is COc1cc2c(Oc3ccc(CC(=O)C4(C(=O)Cc5ccc(F)cc5)CC4)cc3F)ccnc2cc1OC/C=C/CCSC(C)=O. The molecule has 0 atom stereocenters. The average molecular weight is 646 g/mol. The van der Waals surface area contributed by atoms with Crippen molar-refractivity contribution < 1.29 is 37.4 Å². The van der Waals surface area contributed by atoms with Gasteiger partial charge >= 0.3 is 0 Å². The maximum absolute atomic E-state index is 15.3. The molecule has 5 rings (SSSR count). The van der Waals surface area contributed by atoms with Crippen molar-refractivity contribution in [3.63, 3.8) is 0 Å². The molecule has 0 N–H and O–H groups in total. The molecule has 4 aromatic rings. The Kier molecular flexibility index (Phi) is 10.5. The number of allylic oxidation sites excluding steroid dienone is 1. The third-order valence-electron chi connectivity index (χ3n) is 7.75. The Morgan fingerprint density at radius 2 is 1.59 bits per heavy atom. The highest BCUT2D eigenvalue weighted by atomic mass is 32.2. The van der Waals surface area contributed by atoms with E-state index in [4.69, 9.17) is 14.2 Å². The first-order valence-electron chi connectivity index (χ1n) is 14.8. The van der Waals surface area contributed by atoms with Crippen LogP contribution in [0.25, 0.3) is 10.9 Å². The number of carbonyl (C=O) groups is 3. The highest BCUT2D eigenvalue weighted by Crippen LogP contribution is 2.49. The lowest BCUT2D eigenvalue weighted by Gasteiger charge is -2.15. The van der Waals surface area contributed by atoms with Crippen molar-refractivity contribution in [2.24, 2.45) is 5.41 Å². The molecule has 10 heteroatoms. The second-order valence-corrected chi connectivity index (χ2v) is 12.3. The number of fused-ring (bicyclic) bond motifs is 1. The smallest absolute Gasteiger partial charge is 0.185 e. The van der Waals surface area contributed by atoms with Crippen molar-refractivity contribution in [3.8, 4) is 23.0 Å². The molecule has 1 aliphatic rings. The molecule has 1 fully saturated rings. The Bertz CT molecular complexity index is 1790. The lowest BCUT2D eigenvalue weighted by molar-refractivity contribution is -0.133. The molecular weight excluding hydrogens is 612 g/mol. The molecule has 3 aromatic carbocycles. The fourth-order valence-electron chi connectivity index (χ4n) is 5.09. The summed E-state index contributed by atoms with van der Waals surface area (Å²) in [7, 11) is 1.52. The quantitative estimate of drug-likeness (QED) is 0.0741. The zero-order valence-electron chi connectivity index (χ0n) is 25.5. The van der Waals surface area contributed by atoms with E-state index in [2.05, 4.69) is 4.98 Å². The van der Waals surface area contributed by atoms with Gasteiger partial charge in [-0.2, -0.15) is 0 Å². The Balaban J connectivity index is 1.24. The molecule has 238 valence electrons. The van der Waals surface area contributed by atoms with Gasteiger partial charge in [0.15, 0.2) is 39.7 Å². The molecule has 0 spiro atoms. The molecule has 0 unspecified atom stereocenters. The van der Waals surface area contributed by atoms with E-state index in [9.17, 15) is 18.8 Å². The minimum absolute atomic E-state index is 0.0374. The highest BCUT2D eigenvalue weighted by Gasteiger charge is 2.54. The highest BCUT2D eigenvalue weighted by molar-refractivity contribution is 8.13. The largest absolute Gasteiger partial charge is 0.493 e. The van der Waals surface area contributed by atoms with Crippen LogP contribution in [0.15, 0.2) is 79.0 Å². The topological polar surface area (TPSA) is 91.8 Å². The average Bonchev–Trinajstić information content (AvgIpc) is 3.85. The summed E-state index contributed by atoms with van der Waals surface area (Å²) in [6.45, 7) is 1.84. The molecule has 1 saturated carbocycles. The minimum atomic E-state index is -1.07. The van der Waals surface area contributed by atoms with Gasteiger partial charge in [0, 0.05) is 43.2 Å². The van der Waals surface area contributed by atoms with Crippen molar-refractivity contribution in [2.75, 3.05) is 19.5 Å². The van der Waals surface area contributed by atoms with Crippen molar-refractivity contribution in [3.05, 3.63) is 102 Å². The number of halogens is 2. The number of hydrogen-bond donors (Lipinski definition) is 0. The molecule has 1 heterocycles. The second kappa shape index (κ2) is 14.7. The van der Waals surface area contributed by atoms with E-state index >= 15 is 4.39 Å². The van der Waals surface area contributed by atoms with E-state index in [0.717, 1.165) is 6.42 Å². The maximum atomic E-state index is 15.3. The number of thioether (sulfide) groups is 1.